The highest BCUT2D eigenvalue weighted by molar-refractivity contribution is 5.89. The molecule has 21 heavy (non-hydrogen) atoms. The van der Waals surface area contributed by atoms with Crippen molar-refractivity contribution in [2.24, 2.45) is 0 Å². The molecule has 1 unspecified atom stereocenters. The number of amides is 2. The number of carboxylic acids is 1. The first-order chi connectivity index (χ1) is 9.92. The fourth-order valence-corrected chi connectivity index (χ4v) is 1.35. The monoisotopic (exact) mass is 304 g/mol. The number of ether oxygens (including phenoxy) is 2. The number of benzene rings is 1. The summed E-state index contributed by atoms with van der Waals surface area (Å²) in [6, 6.07) is 4.60. The molecule has 0 aliphatic heterocycles. The summed E-state index contributed by atoms with van der Waals surface area (Å²) in [7, 11) is 1.21. The predicted octanol–water partition coefficient (Wildman–Crippen LogP) is 1.51. The van der Waals surface area contributed by atoms with Crippen LogP contribution in [0, 0.1) is 0 Å². The van der Waals surface area contributed by atoms with Gasteiger partial charge in [0.2, 0.25) is 0 Å². The molecule has 3 N–H and O–H groups in total. The highest BCUT2D eigenvalue weighted by Gasteiger charge is 2.17. The summed E-state index contributed by atoms with van der Waals surface area (Å²) in [6.07, 6.45) is -1.16. The van der Waals surface area contributed by atoms with Crippen LogP contribution in [0.1, 0.15) is 0 Å². The first-order valence-electron chi connectivity index (χ1n) is 5.77. The van der Waals surface area contributed by atoms with Crippen molar-refractivity contribution in [1.29, 1.82) is 0 Å². The first kappa shape index (κ1) is 16.6. The van der Waals surface area contributed by atoms with Crippen molar-refractivity contribution in [3.8, 4) is 5.75 Å². The van der Waals surface area contributed by atoms with E-state index in [0.29, 0.717) is 5.69 Å². The van der Waals surface area contributed by atoms with Gasteiger partial charge in [0.1, 0.15) is 5.75 Å². The number of nitrogens with one attached hydrogen (secondary N) is 2. The minimum atomic E-state index is -2.92. The molecule has 0 heterocycles. The lowest BCUT2D eigenvalue weighted by molar-refractivity contribution is -0.147. The SMILES string of the molecule is COC(CNC(=O)Nc1ccc(OC(F)F)cc1)C(=O)O. The van der Waals surface area contributed by atoms with Crippen LogP contribution in [-0.2, 0) is 9.53 Å². The van der Waals surface area contributed by atoms with Gasteiger partial charge in [-0.3, -0.25) is 0 Å². The number of anilines is 1. The van der Waals surface area contributed by atoms with Gasteiger partial charge in [0.25, 0.3) is 0 Å². The summed E-state index contributed by atoms with van der Waals surface area (Å²) in [5.74, 6) is -1.24. The van der Waals surface area contributed by atoms with Gasteiger partial charge in [-0.25, -0.2) is 9.59 Å². The van der Waals surface area contributed by atoms with E-state index in [-0.39, 0.29) is 12.3 Å². The van der Waals surface area contributed by atoms with E-state index < -0.39 is 24.7 Å². The third-order valence-corrected chi connectivity index (χ3v) is 2.35. The molecule has 7 nitrogen and oxygen atoms in total. The highest BCUT2D eigenvalue weighted by atomic mass is 19.3. The molecule has 0 aromatic heterocycles. The van der Waals surface area contributed by atoms with Gasteiger partial charge in [0.05, 0.1) is 6.54 Å². The van der Waals surface area contributed by atoms with Crippen molar-refractivity contribution in [3.63, 3.8) is 0 Å². The molecule has 0 aliphatic carbocycles. The van der Waals surface area contributed by atoms with Crippen LogP contribution in [0.2, 0.25) is 0 Å². The number of rotatable bonds is 7. The van der Waals surface area contributed by atoms with Crippen LogP contribution in [0.5, 0.6) is 5.75 Å². The molecular weight excluding hydrogens is 290 g/mol. The molecule has 0 aliphatic rings. The standard InChI is InChI=1S/C12H14F2N2O5/c1-20-9(10(17)18)6-15-12(19)16-7-2-4-8(5-3-7)21-11(13)14/h2-5,9,11H,6H2,1H3,(H,17,18)(H2,15,16,19). The molecule has 0 saturated carbocycles. The van der Waals surface area contributed by atoms with Gasteiger partial charge in [-0.05, 0) is 24.3 Å². The molecule has 0 saturated heterocycles. The van der Waals surface area contributed by atoms with E-state index in [1.54, 1.807) is 0 Å². The lowest BCUT2D eigenvalue weighted by Gasteiger charge is -2.12. The van der Waals surface area contributed by atoms with Crippen molar-refractivity contribution in [3.05, 3.63) is 24.3 Å². The minimum Gasteiger partial charge on any atom is -0.479 e. The summed E-state index contributed by atoms with van der Waals surface area (Å²) in [5.41, 5.74) is 0.332. The number of carbonyl (C=O) groups is 2. The Hall–Kier alpha value is -2.42. The number of carbonyl (C=O) groups excluding carboxylic acids is 1. The molecule has 0 radical (unpaired) electrons. The Bertz CT molecular complexity index is 481. The summed E-state index contributed by atoms with van der Waals surface area (Å²) in [6.45, 7) is -3.14. The van der Waals surface area contributed by atoms with Crippen LogP contribution in [-0.4, -0.2) is 43.5 Å². The summed E-state index contributed by atoms with van der Waals surface area (Å²) >= 11 is 0. The van der Waals surface area contributed by atoms with Crippen molar-refractivity contribution < 1.29 is 33.0 Å². The second kappa shape index (κ2) is 8.00. The molecule has 9 heteroatoms. The summed E-state index contributed by atoms with van der Waals surface area (Å²) < 4.78 is 32.7. The van der Waals surface area contributed by atoms with Gasteiger partial charge >= 0.3 is 18.6 Å². The van der Waals surface area contributed by atoms with E-state index in [1.165, 1.54) is 31.4 Å². The lowest BCUT2D eigenvalue weighted by Crippen LogP contribution is -2.39. The van der Waals surface area contributed by atoms with Crippen molar-refractivity contribution >= 4 is 17.7 Å². The quantitative estimate of drug-likeness (QED) is 0.709. The van der Waals surface area contributed by atoms with E-state index in [4.69, 9.17) is 5.11 Å². The number of methoxy groups -OCH3 is 1. The van der Waals surface area contributed by atoms with E-state index in [9.17, 15) is 18.4 Å². The number of alkyl halides is 2. The zero-order chi connectivity index (χ0) is 15.8. The number of hydrogen-bond acceptors (Lipinski definition) is 4. The van der Waals surface area contributed by atoms with Crippen LogP contribution in [0.4, 0.5) is 19.3 Å². The molecule has 2 amide bonds. The summed E-state index contributed by atoms with van der Waals surface area (Å²) in [5, 5.41) is 13.4. The Morgan fingerprint density at radius 2 is 1.90 bits per heavy atom. The second-order valence-corrected chi connectivity index (χ2v) is 3.80. The normalized spacial score (nSPS) is 11.8. The van der Waals surface area contributed by atoms with Gasteiger partial charge in [-0.2, -0.15) is 8.78 Å². The van der Waals surface area contributed by atoms with Gasteiger partial charge in [-0.15, -0.1) is 0 Å². The summed E-state index contributed by atoms with van der Waals surface area (Å²) in [4.78, 5) is 22.2. The molecule has 0 fully saturated rings. The van der Waals surface area contributed by atoms with Crippen molar-refractivity contribution in [2.75, 3.05) is 19.0 Å². The smallest absolute Gasteiger partial charge is 0.387 e. The van der Waals surface area contributed by atoms with Crippen LogP contribution in [0.15, 0.2) is 24.3 Å². The predicted molar refractivity (Wildman–Crippen MR) is 68.5 cm³/mol. The Balaban J connectivity index is 2.46. The zero-order valence-corrected chi connectivity index (χ0v) is 11.0. The number of hydrogen-bond donors (Lipinski definition) is 3. The number of carboxylic acid groups (broad SMARTS) is 1. The van der Waals surface area contributed by atoms with E-state index in [1.807, 2.05) is 0 Å². The third kappa shape index (κ3) is 6.04. The van der Waals surface area contributed by atoms with E-state index in [2.05, 4.69) is 20.1 Å². The fourth-order valence-electron chi connectivity index (χ4n) is 1.35. The first-order valence-corrected chi connectivity index (χ1v) is 5.77. The second-order valence-electron chi connectivity index (χ2n) is 3.80. The number of urea groups is 1. The van der Waals surface area contributed by atoms with Crippen molar-refractivity contribution in [1.82, 2.24) is 5.32 Å². The van der Waals surface area contributed by atoms with Crippen LogP contribution >= 0.6 is 0 Å². The molecule has 116 valence electrons. The largest absolute Gasteiger partial charge is 0.479 e. The number of halogens is 2. The van der Waals surface area contributed by atoms with Gasteiger partial charge in [0, 0.05) is 12.8 Å². The van der Waals surface area contributed by atoms with Crippen LogP contribution in [0.3, 0.4) is 0 Å². The molecule has 1 atom stereocenters. The Morgan fingerprint density at radius 3 is 2.38 bits per heavy atom. The third-order valence-electron chi connectivity index (χ3n) is 2.35. The number of aliphatic carboxylic acids is 1. The minimum absolute atomic E-state index is 0.0405. The Kier molecular flexibility index (Phi) is 6.34. The molecular formula is C12H14F2N2O5. The van der Waals surface area contributed by atoms with Crippen LogP contribution < -0.4 is 15.4 Å². The van der Waals surface area contributed by atoms with Crippen LogP contribution in [0.25, 0.3) is 0 Å². The van der Waals surface area contributed by atoms with E-state index in [0.717, 1.165) is 0 Å². The highest BCUT2D eigenvalue weighted by Crippen LogP contribution is 2.17. The molecule has 0 bridgehead atoms. The maximum absolute atomic E-state index is 11.9. The molecule has 1 rings (SSSR count). The van der Waals surface area contributed by atoms with Crippen molar-refractivity contribution in [2.45, 2.75) is 12.7 Å². The topological polar surface area (TPSA) is 96.9 Å². The van der Waals surface area contributed by atoms with Gasteiger partial charge in [0.15, 0.2) is 6.10 Å². The molecule has 0 spiro atoms. The van der Waals surface area contributed by atoms with Gasteiger partial charge < -0.3 is 25.2 Å². The lowest BCUT2D eigenvalue weighted by atomic mass is 10.3. The fraction of sp³-hybridized carbons (Fsp3) is 0.333. The zero-order valence-electron chi connectivity index (χ0n) is 11.0. The molecule has 1 aromatic rings. The van der Waals surface area contributed by atoms with E-state index >= 15 is 0 Å². The Labute approximate surface area is 118 Å². The maximum atomic E-state index is 11.9. The Morgan fingerprint density at radius 1 is 1.29 bits per heavy atom. The maximum Gasteiger partial charge on any atom is 0.387 e. The molecule has 1 aromatic carbocycles. The average Bonchev–Trinajstić information content (AvgIpc) is 2.40. The van der Waals surface area contributed by atoms with Gasteiger partial charge in [-0.1, -0.05) is 0 Å². The average molecular weight is 304 g/mol.